The summed E-state index contributed by atoms with van der Waals surface area (Å²) in [6, 6.07) is 3.98. The molecule has 0 amide bonds. The zero-order chi connectivity index (χ0) is 8.39. The summed E-state index contributed by atoms with van der Waals surface area (Å²) < 4.78 is 0. The highest BCUT2D eigenvalue weighted by Crippen LogP contribution is 2.14. The van der Waals surface area contributed by atoms with E-state index in [9.17, 15) is 0 Å². The third-order valence-corrected chi connectivity index (χ3v) is 2.27. The fraction of sp³-hybridized carbons (Fsp3) is 0.444. The third-order valence-electron chi connectivity index (χ3n) is 2.27. The van der Waals surface area contributed by atoms with E-state index >= 15 is 0 Å². The number of nitrogens with two attached hydrogens (primary N) is 1. The van der Waals surface area contributed by atoms with Crippen LogP contribution in [-0.4, -0.2) is 23.0 Å². The Hall–Kier alpha value is -1.09. The molecule has 0 atom stereocenters. The minimum Gasteiger partial charge on any atom is -0.383 e. The summed E-state index contributed by atoms with van der Waals surface area (Å²) >= 11 is 0. The Labute approximate surface area is 72.2 Å². The zero-order valence-electron chi connectivity index (χ0n) is 7.03. The average Bonchev–Trinajstić information content (AvgIpc) is 2.00. The van der Waals surface area contributed by atoms with Gasteiger partial charge in [0, 0.05) is 18.3 Å². The summed E-state index contributed by atoms with van der Waals surface area (Å²) in [6.45, 7) is 3.36. The number of pyridine rings is 1. The predicted molar refractivity (Wildman–Crippen MR) is 48.5 cm³/mol. The van der Waals surface area contributed by atoms with Crippen molar-refractivity contribution in [3.8, 4) is 0 Å². The van der Waals surface area contributed by atoms with Gasteiger partial charge in [0.15, 0.2) is 0 Å². The van der Waals surface area contributed by atoms with Crippen molar-refractivity contribution in [2.45, 2.75) is 13.0 Å². The normalized spacial score (nSPS) is 17.3. The topological polar surface area (TPSA) is 42.1 Å². The third kappa shape index (κ3) is 1.41. The highest BCUT2D eigenvalue weighted by molar-refractivity contribution is 5.38. The molecule has 1 aliphatic heterocycles. The van der Waals surface area contributed by atoms with Crippen molar-refractivity contribution in [1.82, 2.24) is 9.88 Å². The molecule has 1 aromatic rings. The van der Waals surface area contributed by atoms with Gasteiger partial charge in [-0.2, -0.15) is 0 Å². The molecule has 0 aromatic carbocycles. The number of nitrogens with zero attached hydrogens (tertiary/aromatic N) is 2. The molecular weight excluding hydrogens is 150 g/mol. The number of rotatable bonds is 2. The quantitative estimate of drug-likeness (QED) is 0.703. The molecule has 1 fully saturated rings. The van der Waals surface area contributed by atoms with Crippen LogP contribution >= 0.6 is 0 Å². The van der Waals surface area contributed by atoms with Crippen molar-refractivity contribution in [3.05, 3.63) is 23.9 Å². The number of aromatic nitrogens is 1. The predicted octanol–water partition coefficient (Wildman–Crippen LogP) is 0.869. The van der Waals surface area contributed by atoms with Crippen molar-refractivity contribution >= 4 is 5.82 Å². The van der Waals surface area contributed by atoms with Gasteiger partial charge in [0.1, 0.15) is 5.82 Å². The van der Waals surface area contributed by atoms with Crippen molar-refractivity contribution in [2.75, 3.05) is 18.8 Å². The lowest BCUT2D eigenvalue weighted by Gasteiger charge is -2.30. The lowest BCUT2D eigenvalue weighted by Crippen LogP contribution is -2.36. The minimum absolute atomic E-state index is 0.671. The van der Waals surface area contributed by atoms with Gasteiger partial charge in [-0.15, -0.1) is 0 Å². The average molecular weight is 163 g/mol. The molecule has 2 heterocycles. The molecule has 1 aliphatic rings. The Morgan fingerprint density at radius 1 is 1.50 bits per heavy atom. The van der Waals surface area contributed by atoms with Gasteiger partial charge in [0.25, 0.3) is 0 Å². The van der Waals surface area contributed by atoms with Crippen molar-refractivity contribution < 1.29 is 0 Å². The summed E-state index contributed by atoms with van der Waals surface area (Å²) in [5.41, 5.74) is 6.86. The number of hydrogen-bond donors (Lipinski definition) is 1. The molecule has 0 unspecified atom stereocenters. The Bertz CT molecular complexity index is 268. The number of likely N-dealkylation sites (tertiary alicyclic amines) is 1. The standard InChI is InChI=1S/C9H13N3/c10-9-8(3-1-4-11-9)7-12-5-2-6-12/h1,3-4H,2,5-7H2,(H2,10,11). The second-order valence-electron chi connectivity index (χ2n) is 3.18. The molecule has 1 aromatic heterocycles. The van der Waals surface area contributed by atoms with Gasteiger partial charge in [-0.25, -0.2) is 4.98 Å². The fourth-order valence-electron chi connectivity index (χ4n) is 1.37. The highest BCUT2D eigenvalue weighted by atomic mass is 15.2. The van der Waals surface area contributed by atoms with E-state index in [1.165, 1.54) is 19.5 Å². The number of hydrogen-bond acceptors (Lipinski definition) is 3. The van der Waals surface area contributed by atoms with E-state index in [4.69, 9.17) is 5.73 Å². The van der Waals surface area contributed by atoms with E-state index in [0.717, 1.165) is 12.1 Å². The van der Waals surface area contributed by atoms with Crippen molar-refractivity contribution in [3.63, 3.8) is 0 Å². The maximum Gasteiger partial charge on any atom is 0.127 e. The van der Waals surface area contributed by atoms with E-state index < -0.39 is 0 Å². The van der Waals surface area contributed by atoms with Crippen LogP contribution in [0.25, 0.3) is 0 Å². The van der Waals surface area contributed by atoms with Gasteiger partial charge in [-0.1, -0.05) is 6.07 Å². The van der Waals surface area contributed by atoms with Crippen LogP contribution in [0, 0.1) is 0 Å². The molecule has 3 heteroatoms. The van der Waals surface area contributed by atoms with E-state index in [1.54, 1.807) is 6.20 Å². The van der Waals surface area contributed by atoms with E-state index in [2.05, 4.69) is 9.88 Å². The summed E-state index contributed by atoms with van der Waals surface area (Å²) in [7, 11) is 0. The van der Waals surface area contributed by atoms with Gasteiger partial charge in [0.2, 0.25) is 0 Å². The van der Waals surface area contributed by atoms with Crippen LogP contribution in [0.15, 0.2) is 18.3 Å². The molecule has 1 saturated heterocycles. The van der Waals surface area contributed by atoms with Gasteiger partial charge >= 0.3 is 0 Å². The molecule has 12 heavy (non-hydrogen) atoms. The summed E-state index contributed by atoms with van der Waals surface area (Å²) in [5.74, 6) is 0.671. The molecule has 3 nitrogen and oxygen atoms in total. The number of anilines is 1. The van der Waals surface area contributed by atoms with Crippen LogP contribution in [0.4, 0.5) is 5.82 Å². The molecule has 2 rings (SSSR count). The second kappa shape index (κ2) is 3.11. The Morgan fingerprint density at radius 3 is 2.92 bits per heavy atom. The lowest BCUT2D eigenvalue weighted by atomic mass is 10.1. The lowest BCUT2D eigenvalue weighted by molar-refractivity contribution is 0.173. The first-order valence-electron chi connectivity index (χ1n) is 4.28. The SMILES string of the molecule is Nc1ncccc1CN1CCC1. The monoisotopic (exact) mass is 163 g/mol. The van der Waals surface area contributed by atoms with Crippen molar-refractivity contribution in [1.29, 1.82) is 0 Å². The molecule has 0 spiro atoms. The maximum absolute atomic E-state index is 5.71. The highest BCUT2D eigenvalue weighted by Gasteiger charge is 2.14. The Morgan fingerprint density at radius 2 is 2.33 bits per heavy atom. The summed E-state index contributed by atoms with van der Waals surface area (Å²) in [5, 5.41) is 0. The summed E-state index contributed by atoms with van der Waals surface area (Å²) in [4.78, 5) is 6.41. The van der Waals surface area contributed by atoms with Gasteiger partial charge in [-0.3, -0.25) is 4.90 Å². The van der Waals surface area contributed by atoms with E-state index in [1.807, 2.05) is 12.1 Å². The van der Waals surface area contributed by atoms with Crippen LogP contribution in [0.2, 0.25) is 0 Å². The minimum atomic E-state index is 0.671. The van der Waals surface area contributed by atoms with Crippen LogP contribution in [0.5, 0.6) is 0 Å². The van der Waals surface area contributed by atoms with E-state index in [-0.39, 0.29) is 0 Å². The first-order valence-corrected chi connectivity index (χ1v) is 4.28. The Balaban J connectivity index is 2.06. The van der Waals surface area contributed by atoms with Crippen LogP contribution in [0.3, 0.4) is 0 Å². The van der Waals surface area contributed by atoms with Crippen molar-refractivity contribution in [2.24, 2.45) is 0 Å². The van der Waals surface area contributed by atoms with Gasteiger partial charge in [0.05, 0.1) is 0 Å². The molecule has 64 valence electrons. The van der Waals surface area contributed by atoms with Crippen LogP contribution in [-0.2, 0) is 6.54 Å². The molecule has 0 saturated carbocycles. The fourth-order valence-corrected chi connectivity index (χ4v) is 1.37. The largest absolute Gasteiger partial charge is 0.383 e. The Kier molecular flexibility index (Phi) is 1.96. The second-order valence-corrected chi connectivity index (χ2v) is 3.18. The molecule has 0 radical (unpaired) electrons. The first kappa shape index (κ1) is 7.55. The smallest absolute Gasteiger partial charge is 0.127 e. The van der Waals surface area contributed by atoms with Gasteiger partial charge < -0.3 is 5.73 Å². The molecule has 0 aliphatic carbocycles. The number of nitrogen functional groups attached to an aromatic ring is 1. The summed E-state index contributed by atoms with van der Waals surface area (Å²) in [6.07, 6.45) is 3.05. The zero-order valence-corrected chi connectivity index (χ0v) is 7.03. The van der Waals surface area contributed by atoms with Crippen LogP contribution < -0.4 is 5.73 Å². The first-order chi connectivity index (χ1) is 5.86. The van der Waals surface area contributed by atoms with Gasteiger partial charge in [-0.05, 0) is 25.6 Å². The molecular formula is C9H13N3. The maximum atomic E-state index is 5.71. The van der Waals surface area contributed by atoms with Crippen LogP contribution in [0.1, 0.15) is 12.0 Å². The van der Waals surface area contributed by atoms with E-state index in [0.29, 0.717) is 5.82 Å². The molecule has 2 N–H and O–H groups in total. The molecule has 0 bridgehead atoms.